The molecule has 0 amide bonds. The monoisotopic (exact) mass is 311 g/mol. The lowest BCUT2D eigenvalue weighted by atomic mass is 10.2. The first-order valence-corrected chi connectivity index (χ1v) is 7.62. The lowest BCUT2D eigenvalue weighted by Gasteiger charge is -2.37. The summed E-state index contributed by atoms with van der Waals surface area (Å²) >= 11 is 1.82. The van der Waals surface area contributed by atoms with E-state index in [0.717, 1.165) is 5.75 Å². The molecule has 1 fully saturated rings. The number of esters is 1. The number of ether oxygens (including phenoxy) is 1. The first kappa shape index (κ1) is 15.6. The number of aromatic nitrogens is 1. The molecule has 0 spiro atoms. The maximum atomic E-state index is 11.6. The second-order valence-electron chi connectivity index (χ2n) is 4.80. The van der Waals surface area contributed by atoms with Crippen LogP contribution in [0.1, 0.15) is 24.3 Å². The normalized spacial score (nSPS) is 22.0. The van der Waals surface area contributed by atoms with Gasteiger partial charge in [-0.3, -0.25) is 10.1 Å². The first-order chi connectivity index (χ1) is 9.95. The molecule has 0 aliphatic carbocycles. The van der Waals surface area contributed by atoms with Crippen LogP contribution in [0, 0.1) is 10.1 Å². The van der Waals surface area contributed by atoms with Crippen LogP contribution in [0.4, 0.5) is 11.5 Å². The minimum absolute atomic E-state index is 0.0798. The van der Waals surface area contributed by atoms with Crippen LogP contribution >= 0.6 is 11.8 Å². The van der Waals surface area contributed by atoms with Crippen LogP contribution in [-0.2, 0) is 4.74 Å². The highest BCUT2D eigenvalue weighted by molar-refractivity contribution is 8.00. The van der Waals surface area contributed by atoms with Crippen LogP contribution in [0.2, 0.25) is 0 Å². The standard InChI is InChI=1S/C13H17N3O4S/c1-8-9(2)21-7-6-15(8)12-11(16(18)19)5-4-10(14-12)13(17)20-3/h4-5,8-9H,6-7H2,1-3H3. The Morgan fingerprint density at radius 3 is 2.86 bits per heavy atom. The van der Waals surface area contributed by atoms with Gasteiger partial charge in [-0.1, -0.05) is 6.92 Å². The number of carbonyl (C=O) groups is 1. The Kier molecular flexibility index (Phi) is 4.66. The number of nitro groups is 1. The number of rotatable bonds is 3. The average Bonchev–Trinajstić information content (AvgIpc) is 2.48. The Hall–Kier alpha value is -1.83. The van der Waals surface area contributed by atoms with Gasteiger partial charge in [-0.2, -0.15) is 11.8 Å². The molecule has 0 saturated carbocycles. The van der Waals surface area contributed by atoms with Crippen LogP contribution in [0.15, 0.2) is 12.1 Å². The number of pyridine rings is 1. The SMILES string of the molecule is COC(=O)c1ccc([N+](=O)[O-])c(N2CCSC(C)C2C)n1. The van der Waals surface area contributed by atoms with Gasteiger partial charge in [0, 0.05) is 29.7 Å². The minimum atomic E-state index is -0.599. The molecule has 2 atom stereocenters. The fraction of sp³-hybridized carbons (Fsp3) is 0.538. The van der Waals surface area contributed by atoms with Gasteiger partial charge in [0.25, 0.3) is 0 Å². The molecular formula is C13H17N3O4S. The van der Waals surface area contributed by atoms with Gasteiger partial charge in [-0.25, -0.2) is 9.78 Å². The fourth-order valence-corrected chi connectivity index (χ4v) is 3.34. The van der Waals surface area contributed by atoms with Crippen molar-refractivity contribution in [3.63, 3.8) is 0 Å². The van der Waals surface area contributed by atoms with Crippen LogP contribution < -0.4 is 4.90 Å². The molecule has 1 saturated heterocycles. The van der Waals surface area contributed by atoms with Gasteiger partial charge in [0.1, 0.15) is 0 Å². The molecule has 1 aliphatic heterocycles. The topological polar surface area (TPSA) is 85.6 Å². The third kappa shape index (κ3) is 3.10. The van der Waals surface area contributed by atoms with E-state index in [1.165, 1.54) is 19.2 Å². The molecule has 0 aromatic carbocycles. The summed E-state index contributed by atoms with van der Waals surface area (Å²) in [7, 11) is 1.26. The van der Waals surface area contributed by atoms with Crippen LogP contribution in [0.5, 0.6) is 0 Å². The number of carbonyl (C=O) groups excluding carboxylic acids is 1. The lowest BCUT2D eigenvalue weighted by Crippen LogP contribution is -2.45. The molecule has 21 heavy (non-hydrogen) atoms. The molecule has 0 radical (unpaired) electrons. The van der Waals surface area contributed by atoms with E-state index < -0.39 is 10.9 Å². The second kappa shape index (κ2) is 6.30. The van der Waals surface area contributed by atoms with Crippen molar-refractivity contribution in [1.29, 1.82) is 0 Å². The highest BCUT2D eigenvalue weighted by Crippen LogP contribution is 2.33. The third-order valence-electron chi connectivity index (χ3n) is 3.60. The molecule has 8 heteroatoms. The molecule has 114 valence electrons. The number of methoxy groups -OCH3 is 1. The Balaban J connectivity index is 2.47. The van der Waals surface area contributed by atoms with E-state index in [4.69, 9.17) is 0 Å². The number of hydrogen-bond donors (Lipinski definition) is 0. The summed E-state index contributed by atoms with van der Waals surface area (Å²) in [6.07, 6.45) is 0. The Morgan fingerprint density at radius 1 is 1.52 bits per heavy atom. The molecule has 7 nitrogen and oxygen atoms in total. The Labute approximate surface area is 126 Å². The summed E-state index contributed by atoms with van der Waals surface area (Å²) in [6.45, 7) is 4.75. The Bertz CT molecular complexity index is 566. The van der Waals surface area contributed by atoms with Crippen molar-refractivity contribution in [2.24, 2.45) is 0 Å². The highest BCUT2D eigenvalue weighted by atomic mass is 32.2. The molecule has 2 heterocycles. The van der Waals surface area contributed by atoms with Crippen LogP contribution in [0.25, 0.3) is 0 Å². The largest absolute Gasteiger partial charge is 0.464 e. The second-order valence-corrected chi connectivity index (χ2v) is 6.28. The number of anilines is 1. The number of nitrogens with zero attached hydrogens (tertiary/aromatic N) is 3. The number of thioether (sulfide) groups is 1. The van der Waals surface area contributed by atoms with Gasteiger partial charge in [0.15, 0.2) is 5.69 Å². The summed E-state index contributed by atoms with van der Waals surface area (Å²) in [5, 5.41) is 11.6. The van der Waals surface area contributed by atoms with E-state index in [9.17, 15) is 14.9 Å². The Morgan fingerprint density at radius 2 is 2.24 bits per heavy atom. The number of hydrogen-bond acceptors (Lipinski definition) is 7. The van der Waals surface area contributed by atoms with Crippen molar-refractivity contribution in [2.75, 3.05) is 24.3 Å². The zero-order valence-electron chi connectivity index (χ0n) is 12.1. The van der Waals surface area contributed by atoms with E-state index in [1.807, 2.05) is 23.6 Å². The van der Waals surface area contributed by atoms with E-state index in [0.29, 0.717) is 11.8 Å². The summed E-state index contributed by atoms with van der Waals surface area (Å²) in [5.41, 5.74) is -0.00946. The van der Waals surface area contributed by atoms with Crippen molar-refractivity contribution in [2.45, 2.75) is 25.1 Å². The van der Waals surface area contributed by atoms with Crippen molar-refractivity contribution in [1.82, 2.24) is 4.98 Å². The smallest absolute Gasteiger partial charge is 0.356 e. The summed E-state index contributed by atoms with van der Waals surface area (Å²) in [4.78, 5) is 28.4. The maximum absolute atomic E-state index is 11.6. The lowest BCUT2D eigenvalue weighted by molar-refractivity contribution is -0.384. The summed E-state index contributed by atoms with van der Waals surface area (Å²) in [6, 6.07) is 2.73. The molecule has 0 bridgehead atoms. The van der Waals surface area contributed by atoms with E-state index in [1.54, 1.807) is 0 Å². The van der Waals surface area contributed by atoms with Gasteiger partial charge in [-0.15, -0.1) is 0 Å². The van der Waals surface area contributed by atoms with Gasteiger partial charge in [-0.05, 0) is 13.0 Å². The molecule has 0 N–H and O–H groups in total. The maximum Gasteiger partial charge on any atom is 0.356 e. The van der Waals surface area contributed by atoms with E-state index >= 15 is 0 Å². The average molecular weight is 311 g/mol. The van der Waals surface area contributed by atoms with Crippen molar-refractivity contribution in [3.8, 4) is 0 Å². The molecule has 1 aromatic heterocycles. The van der Waals surface area contributed by atoms with E-state index in [-0.39, 0.29) is 23.2 Å². The van der Waals surface area contributed by atoms with Gasteiger partial charge < -0.3 is 9.64 Å². The first-order valence-electron chi connectivity index (χ1n) is 6.57. The summed E-state index contributed by atoms with van der Waals surface area (Å²) in [5.74, 6) is 0.507. The highest BCUT2D eigenvalue weighted by Gasteiger charge is 2.31. The quantitative estimate of drug-likeness (QED) is 0.480. The minimum Gasteiger partial charge on any atom is -0.464 e. The van der Waals surface area contributed by atoms with Crippen molar-refractivity contribution in [3.05, 3.63) is 27.9 Å². The molecular weight excluding hydrogens is 294 g/mol. The summed E-state index contributed by atoms with van der Waals surface area (Å²) < 4.78 is 4.63. The predicted molar refractivity (Wildman–Crippen MR) is 81.0 cm³/mol. The van der Waals surface area contributed by atoms with Crippen LogP contribution in [0.3, 0.4) is 0 Å². The molecule has 2 unspecified atom stereocenters. The predicted octanol–water partition coefficient (Wildman–Crippen LogP) is 2.11. The van der Waals surface area contributed by atoms with Crippen molar-refractivity contribution < 1.29 is 14.5 Å². The zero-order valence-corrected chi connectivity index (χ0v) is 12.9. The van der Waals surface area contributed by atoms with Gasteiger partial charge >= 0.3 is 11.7 Å². The molecule has 1 aliphatic rings. The molecule has 1 aromatic rings. The van der Waals surface area contributed by atoms with Gasteiger partial charge in [0.2, 0.25) is 5.82 Å². The zero-order chi connectivity index (χ0) is 15.6. The van der Waals surface area contributed by atoms with Crippen LogP contribution in [-0.4, -0.2) is 46.6 Å². The fourth-order valence-electron chi connectivity index (χ4n) is 2.25. The van der Waals surface area contributed by atoms with Gasteiger partial charge in [0.05, 0.1) is 12.0 Å². The van der Waals surface area contributed by atoms with E-state index in [2.05, 4.69) is 16.6 Å². The molecule has 2 rings (SSSR count). The van der Waals surface area contributed by atoms with Crippen molar-refractivity contribution >= 4 is 29.2 Å². The third-order valence-corrected chi connectivity index (χ3v) is 4.94.